The Hall–Kier alpha value is -2.02. The second kappa shape index (κ2) is 6.42. The van der Waals surface area contributed by atoms with Crippen LogP contribution in [0, 0.1) is 6.92 Å². The Morgan fingerprint density at radius 2 is 2.25 bits per heavy atom. The fourth-order valence-corrected chi connectivity index (χ4v) is 2.27. The van der Waals surface area contributed by atoms with Gasteiger partial charge in [-0.2, -0.15) is 5.10 Å². The zero-order valence-electron chi connectivity index (χ0n) is 11.4. The zero-order valence-corrected chi connectivity index (χ0v) is 12.2. The zero-order chi connectivity index (χ0) is 14.5. The third-order valence-corrected chi connectivity index (χ3v) is 3.49. The molecule has 0 aromatic carbocycles. The van der Waals surface area contributed by atoms with Crippen LogP contribution in [-0.4, -0.2) is 20.7 Å². The maximum atomic E-state index is 12.0. The molecular weight excluding hydrogens is 276 g/mol. The van der Waals surface area contributed by atoms with E-state index >= 15 is 0 Å². The lowest BCUT2D eigenvalue weighted by Crippen LogP contribution is -2.26. The molecule has 0 bridgehead atoms. The molecule has 0 unspecified atom stereocenters. The highest BCUT2D eigenvalue weighted by molar-refractivity contribution is 7.15. The molecule has 20 heavy (non-hydrogen) atoms. The molecule has 1 amide bonds. The van der Waals surface area contributed by atoms with Crippen molar-refractivity contribution in [1.82, 2.24) is 14.8 Å². The molecule has 6 nitrogen and oxygen atoms in total. The van der Waals surface area contributed by atoms with Crippen LogP contribution < -0.4 is 10.9 Å². The summed E-state index contributed by atoms with van der Waals surface area (Å²) in [6.07, 6.45) is 3.50. The summed E-state index contributed by atoms with van der Waals surface area (Å²) < 4.78 is 1.32. The van der Waals surface area contributed by atoms with Crippen LogP contribution in [0.5, 0.6) is 0 Å². The minimum Gasteiger partial charge on any atom is -0.296 e. The molecule has 0 atom stereocenters. The van der Waals surface area contributed by atoms with Gasteiger partial charge in [0.1, 0.15) is 5.69 Å². The number of aryl methyl sites for hydroxylation is 2. The quantitative estimate of drug-likeness (QED) is 0.915. The topological polar surface area (TPSA) is 76.9 Å². The Balaban J connectivity index is 2.15. The number of nitrogens with one attached hydrogen (secondary N) is 1. The lowest BCUT2D eigenvalue weighted by molar-refractivity contribution is 0.101. The van der Waals surface area contributed by atoms with Crippen molar-refractivity contribution in [1.29, 1.82) is 0 Å². The number of aromatic nitrogens is 3. The van der Waals surface area contributed by atoms with Gasteiger partial charge in [0.15, 0.2) is 5.13 Å². The maximum absolute atomic E-state index is 12.0. The summed E-state index contributed by atoms with van der Waals surface area (Å²) in [5, 5.41) is 7.28. The normalized spacial score (nSPS) is 10.5. The summed E-state index contributed by atoms with van der Waals surface area (Å²) in [7, 11) is 0. The Bertz CT molecular complexity index is 662. The van der Waals surface area contributed by atoms with Gasteiger partial charge in [-0.05, 0) is 19.4 Å². The molecule has 0 saturated heterocycles. The van der Waals surface area contributed by atoms with Crippen LogP contribution in [-0.2, 0) is 6.54 Å². The van der Waals surface area contributed by atoms with Crippen molar-refractivity contribution in [3.8, 4) is 0 Å². The predicted octanol–water partition coefficient (Wildman–Crippen LogP) is 2.06. The van der Waals surface area contributed by atoms with Crippen molar-refractivity contribution in [3.63, 3.8) is 0 Å². The van der Waals surface area contributed by atoms with E-state index in [1.807, 2.05) is 13.8 Å². The maximum Gasteiger partial charge on any atom is 0.277 e. The van der Waals surface area contributed by atoms with Gasteiger partial charge in [-0.25, -0.2) is 9.67 Å². The molecule has 106 valence electrons. The summed E-state index contributed by atoms with van der Waals surface area (Å²) >= 11 is 1.39. The summed E-state index contributed by atoms with van der Waals surface area (Å²) in [6.45, 7) is 4.47. The number of carbonyl (C=O) groups is 1. The average molecular weight is 292 g/mol. The highest BCUT2D eigenvalue weighted by Crippen LogP contribution is 2.16. The Kier molecular flexibility index (Phi) is 4.62. The number of rotatable bonds is 5. The van der Waals surface area contributed by atoms with E-state index in [0.717, 1.165) is 17.7 Å². The number of unbranched alkanes of at least 4 members (excludes halogenated alkanes) is 1. The largest absolute Gasteiger partial charge is 0.296 e. The SMILES string of the molecule is CCCCn1nc(C(=O)Nc2ncc(C)s2)ccc1=O. The van der Waals surface area contributed by atoms with Crippen molar-refractivity contribution in [2.75, 3.05) is 5.32 Å². The van der Waals surface area contributed by atoms with E-state index in [-0.39, 0.29) is 17.2 Å². The van der Waals surface area contributed by atoms with Gasteiger partial charge in [-0.15, -0.1) is 11.3 Å². The second-order valence-corrected chi connectivity index (χ2v) is 5.60. The minimum atomic E-state index is -0.357. The van der Waals surface area contributed by atoms with Gasteiger partial charge in [0.25, 0.3) is 11.5 Å². The number of hydrogen-bond acceptors (Lipinski definition) is 5. The highest BCUT2D eigenvalue weighted by Gasteiger charge is 2.11. The predicted molar refractivity (Wildman–Crippen MR) is 78.2 cm³/mol. The molecule has 1 N–H and O–H groups in total. The monoisotopic (exact) mass is 292 g/mol. The van der Waals surface area contributed by atoms with Crippen LogP contribution in [0.1, 0.15) is 35.1 Å². The first-order valence-electron chi connectivity index (χ1n) is 6.42. The molecule has 0 fully saturated rings. The molecule has 0 spiro atoms. The summed E-state index contributed by atoms with van der Waals surface area (Å²) in [5.74, 6) is -0.357. The molecule has 7 heteroatoms. The lowest BCUT2D eigenvalue weighted by Gasteiger charge is -2.05. The standard InChI is InChI=1S/C13H16N4O2S/c1-3-4-7-17-11(18)6-5-10(16-17)12(19)15-13-14-8-9(2)20-13/h5-6,8H,3-4,7H2,1-2H3,(H,14,15,19). The fraction of sp³-hybridized carbons (Fsp3) is 0.385. The molecule has 2 heterocycles. The van der Waals surface area contributed by atoms with Crippen LogP contribution in [0.15, 0.2) is 23.1 Å². The number of amides is 1. The summed E-state index contributed by atoms with van der Waals surface area (Å²) in [5.41, 5.74) is 0.0219. The van der Waals surface area contributed by atoms with Crippen molar-refractivity contribution in [2.24, 2.45) is 0 Å². The van der Waals surface area contributed by atoms with Crippen LogP contribution in [0.2, 0.25) is 0 Å². The molecule has 0 radical (unpaired) electrons. The number of hydrogen-bond donors (Lipinski definition) is 1. The molecule has 2 rings (SSSR count). The van der Waals surface area contributed by atoms with Gasteiger partial charge in [0.05, 0.1) is 0 Å². The summed E-state index contributed by atoms with van der Waals surface area (Å²) in [6, 6.07) is 2.80. The van der Waals surface area contributed by atoms with E-state index in [4.69, 9.17) is 0 Å². The van der Waals surface area contributed by atoms with Crippen LogP contribution >= 0.6 is 11.3 Å². The first-order chi connectivity index (χ1) is 9.60. The Labute approximate surface area is 120 Å². The van der Waals surface area contributed by atoms with E-state index in [0.29, 0.717) is 11.7 Å². The fourth-order valence-electron chi connectivity index (χ4n) is 1.61. The smallest absolute Gasteiger partial charge is 0.277 e. The molecular formula is C13H16N4O2S. The average Bonchev–Trinajstić information content (AvgIpc) is 2.83. The van der Waals surface area contributed by atoms with Gasteiger partial charge in [-0.3, -0.25) is 14.9 Å². The first-order valence-corrected chi connectivity index (χ1v) is 7.23. The number of nitrogens with zero attached hydrogens (tertiary/aromatic N) is 3. The van der Waals surface area contributed by atoms with Crippen LogP contribution in [0.4, 0.5) is 5.13 Å². The van der Waals surface area contributed by atoms with Crippen molar-refractivity contribution >= 4 is 22.4 Å². The van der Waals surface area contributed by atoms with E-state index in [2.05, 4.69) is 15.4 Å². The van der Waals surface area contributed by atoms with Gasteiger partial charge < -0.3 is 0 Å². The van der Waals surface area contributed by atoms with E-state index in [1.165, 1.54) is 28.2 Å². The molecule has 0 aliphatic carbocycles. The minimum absolute atomic E-state index is 0.194. The second-order valence-electron chi connectivity index (χ2n) is 4.36. The molecule has 2 aromatic rings. The highest BCUT2D eigenvalue weighted by atomic mass is 32.1. The number of carbonyl (C=O) groups excluding carboxylic acids is 1. The van der Waals surface area contributed by atoms with E-state index in [1.54, 1.807) is 6.20 Å². The molecule has 0 saturated carbocycles. The number of thiazole rings is 1. The van der Waals surface area contributed by atoms with Crippen LogP contribution in [0.3, 0.4) is 0 Å². The first kappa shape index (κ1) is 14.4. The lowest BCUT2D eigenvalue weighted by atomic mass is 10.3. The van der Waals surface area contributed by atoms with Gasteiger partial charge >= 0.3 is 0 Å². The van der Waals surface area contributed by atoms with Gasteiger partial charge in [0, 0.05) is 23.7 Å². The van der Waals surface area contributed by atoms with Crippen molar-refractivity contribution in [2.45, 2.75) is 33.2 Å². The Morgan fingerprint density at radius 3 is 2.90 bits per heavy atom. The number of anilines is 1. The molecule has 2 aromatic heterocycles. The van der Waals surface area contributed by atoms with E-state index in [9.17, 15) is 9.59 Å². The summed E-state index contributed by atoms with van der Waals surface area (Å²) in [4.78, 5) is 28.7. The van der Waals surface area contributed by atoms with E-state index < -0.39 is 0 Å². The van der Waals surface area contributed by atoms with Crippen molar-refractivity contribution in [3.05, 3.63) is 39.3 Å². The Morgan fingerprint density at radius 1 is 1.45 bits per heavy atom. The third kappa shape index (κ3) is 3.51. The third-order valence-electron chi connectivity index (χ3n) is 2.66. The van der Waals surface area contributed by atoms with Crippen LogP contribution in [0.25, 0.3) is 0 Å². The van der Waals surface area contributed by atoms with Gasteiger partial charge in [0.2, 0.25) is 0 Å². The van der Waals surface area contributed by atoms with Crippen molar-refractivity contribution < 1.29 is 4.79 Å². The molecule has 0 aliphatic heterocycles. The van der Waals surface area contributed by atoms with Gasteiger partial charge in [-0.1, -0.05) is 13.3 Å². The molecule has 0 aliphatic rings.